The molecule has 14 heavy (non-hydrogen) atoms. The lowest BCUT2D eigenvalue weighted by atomic mass is 10.3. The average Bonchev–Trinajstić information content (AvgIpc) is 2.54. The number of imidazole rings is 1. The van der Waals surface area contributed by atoms with Crippen molar-refractivity contribution in [1.29, 1.82) is 0 Å². The van der Waals surface area contributed by atoms with Crippen molar-refractivity contribution in [2.24, 2.45) is 7.05 Å². The number of thiophene rings is 1. The Morgan fingerprint density at radius 2 is 2.00 bits per heavy atom. The molecule has 0 bridgehead atoms. The summed E-state index contributed by atoms with van der Waals surface area (Å²) in [6.45, 7) is 6.93. The summed E-state index contributed by atoms with van der Waals surface area (Å²) in [6.07, 6.45) is 0. The SMILES string of the molecule is CCn1c(=O)n(C)c2c(C)c(C)sc21. The number of rotatable bonds is 1. The van der Waals surface area contributed by atoms with Crippen molar-refractivity contribution >= 4 is 21.7 Å². The Balaban J connectivity index is 3.01. The minimum absolute atomic E-state index is 0.0943. The van der Waals surface area contributed by atoms with Crippen molar-refractivity contribution in [3.63, 3.8) is 0 Å². The van der Waals surface area contributed by atoms with Crippen molar-refractivity contribution in [3.05, 3.63) is 20.9 Å². The monoisotopic (exact) mass is 210 g/mol. The Labute approximate surface area is 86.6 Å². The van der Waals surface area contributed by atoms with Gasteiger partial charge in [-0.2, -0.15) is 0 Å². The number of nitrogens with zero attached hydrogens (tertiary/aromatic N) is 2. The summed E-state index contributed by atoms with van der Waals surface area (Å²) >= 11 is 1.71. The van der Waals surface area contributed by atoms with E-state index in [9.17, 15) is 4.79 Å². The van der Waals surface area contributed by atoms with Crippen LogP contribution in [0.25, 0.3) is 10.3 Å². The molecule has 0 aliphatic carbocycles. The highest BCUT2D eigenvalue weighted by Crippen LogP contribution is 2.28. The minimum Gasteiger partial charge on any atom is -0.294 e. The molecular formula is C10H14N2OS. The molecule has 3 nitrogen and oxygen atoms in total. The van der Waals surface area contributed by atoms with Crippen LogP contribution < -0.4 is 5.69 Å². The number of hydrogen-bond acceptors (Lipinski definition) is 2. The molecule has 0 amide bonds. The van der Waals surface area contributed by atoms with Crippen LogP contribution in [0.3, 0.4) is 0 Å². The maximum absolute atomic E-state index is 11.8. The summed E-state index contributed by atoms with van der Waals surface area (Å²) in [7, 11) is 1.84. The Morgan fingerprint density at radius 3 is 2.57 bits per heavy atom. The summed E-state index contributed by atoms with van der Waals surface area (Å²) in [5.41, 5.74) is 2.42. The van der Waals surface area contributed by atoms with E-state index in [-0.39, 0.29) is 5.69 Å². The Kier molecular flexibility index (Phi) is 2.03. The molecule has 0 spiro atoms. The number of aromatic nitrogens is 2. The van der Waals surface area contributed by atoms with Crippen LogP contribution in [0.4, 0.5) is 0 Å². The van der Waals surface area contributed by atoms with Crippen LogP contribution in [0.2, 0.25) is 0 Å². The van der Waals surface area contributed by atoms with E-state index in [1.165, 1.54) is 10.4 Å². The maximum atomic E-state index is 11.8. The normalized spacial score (nSPS) is 11.4. The van der Waals surface area contributed by atoms with E-state index in [0.29, 0.717) is 0 Å². The molecule has 0 saturated carbocycles. The zero-order valence-corrected chi connectivity index (χ0v) is 9.73. The average molecular weight is 210 g/mol. The standard InChI is InChI=1S/C10H14N2OS/c1-5-12-9-8(11(4)10(12)13)6(2)7(3)14-9/h5H2,1-4H3. The van der Waals surface area contributed by atoms with Crippen molar-refractivity contribution in [3.8, 4) is 0 Å². The molecule has 2 aromatic rings. The number of aryl methyl sites for hydroxylation is 4. The zero-order chi connectivity index (χ0) is 10.5. The quantitative estimate of drug-likeness (QED) is 0.707. The van der Waals surface area contributed by atoms with Crippen LogP contribution in [0.15, 0.2) is 4.79 Å². The topological polar surface area (TPSA) is 26.9 Å². The van der Waals surface area contributed by atoms with Gasteiger partial charge in [-0.3, -0.25) is 9.13 Å². The van der Waals surface area contributed by atoms with E-state index < -0.39 is 0 Å². The Morgan fingerprint density at radius 1 is 1.36 bits per heavy atom. The van der Waals surface area contributed by atoms with Gasteiger partial charge in [-0.1, -0.05) is 0 Å². The molecule has 4 heteroatoms. The van der Waals surface area contributed by atoms with Gasteiger partial charge in [0.2, 0.25) is 0 Å². The third kappa shape index (κ3) is 1.00. The summed E-state index contributed by atoms with van der Waals surface area (Å²) in [5, 5.41) is 0. The van der Waals surface area contributed by atoms with E-state index >= 15 is 0 Å². The molecule has 2 heterocycles. The second kappa shape index (κ2) is 2.98. The lowest BCUT2D eigenvalue weighted by molar-refractivity contribution is 0.714. The van der Waals surface area contributed by atoms with Crippen LogP contribution in [0.5, 0.6) is 0 Å². The van der Waals surface area contributed by atoms with Crippen molar-refractivity contribution in [1.82, 2.24) is 9.13 Å². The highest BCUT2D eigenvalue weighted by atomic mass is 32.1. The first-order valence-corrected chi connectivity index (χ1v) is 5.54. The van der Waals surface area contributed by atoms with Gasteiger partial charge in [-0.05, 0) is 26.3 Å². The summed E-state index contributed by atoms with van der Waals surface area (Å²) in [6, 6.07) is 0. The highest BCUT2D eigenvalue weighted by Gasteiger charge is 2.15. The van der Waals surface area contributed by atoms with Crippen molar-refractivity contribution in [2.75, 3.05) is 0 Å². The molecule has 2 aromatic heterocycles. The Hall–Kier alpha value is -1.03. The minimum atomic E-state index is 0.0943. The molecule has 0 unspecified atom stereocenters. The van der Waals surface area contributed by atoms with Crippen LogP contribution in [-0.4, -0.2) is 9.13 Å². The van der Waals surface area contributed by atoms with Gasteiger partial charge in [0, 0.05) is 18.5 Å². The van der Waals surface area contributed by atoms with E-state index in [2.05, 4.69) is 13.8 Å². The smallest absolute Gasteiger partial charge is 0.294 e. The fourth-order valence-electron chi connectivity index (χ4n) is 1.82. The van der Waals surface area contributed by atoms with Gasteiger partial charge >= 0.3 is 5.69 Å². The van der Waals surface area contributed by atoms with Crippen molar-refractivity contribution in [2.45, 2.75) is 27.3 Å². The van der Waals surface area contributed by atoms with Gasteiger partial charge in [0.05, 0.1) is 5.52 Å². The fourth-order valence-corrected chi connectivity index (χ4v) is 3.06. The third-order valence-electron chi connectivity index (χ3n) is 2.75. The predicted molar refractivity (Wildman–Crippen MR) is 60.2 cm³/mol. The molecule has 0 N–H and O–H groups in total. The van der Waals surface area contributed by atoms with Gasteiger partial charge in [-0.15, -0.1) is 11.3 Å². The molecule has 0 fully saturated rings. The van der Waals surface area contributed by atoms with E-state index in [1.807, 2.05) is 18.5 Å². The first kappa shape index (κ1) is 9.52. The molecule has 0 aliphatic heterocycles. The lowest BCUT2D eigenvalue weighted by Crippen LogP contribution is -2.21. The first-order valence-electron chi connectivity index (χ1n) is 4.73. The lowest BCUT2D eigenvalue weighted by Gasteiger charge is -1.94. The fraction of sp³-hybridized carbons (Fsp3) is 0.500. The molecular weight excluding hydrogens is 196 g/mol. The predicted octanol–water partition coefficient (Wildman–Crippen LogP) is 2.04. The Bertz CT molecular complexity index is 544. The van der Waals surface area contributed by atoms with Gasteiger partial charge in [0.25, 0.3) is 0 Å². The molecule has 0 saturated heterocycles. The number of fused-ring (bicyclic) bond motifs is 1. The van der Waals surface area contributed by atoms with Crippen LogP contribution in [-0.2, 0) is 13.6 Å². The third-order valence-corrected chi connectivity index (χ3v) is 3.97. The largest absolute Gasteiger partial charge is 0.329 e. The summed E-state index contributed by atoms with van der Waals surface area (Å²) in [5.74, 6) is 0. The van der Waals surface area contributed by atoms with Crippen LogP contribution >= 0.6 is 11.3 Å². The van der Waals surface area contributed by atoms with E-state index in [0.717, 1.165) is 16.9 Å². The molecule has 0 radical (unpaired) electrons. The van der Waals surface area contributed by atoms with Gasteiger partial charge in [0.15, 0.2) is 0 Å². The highest BCUT2D eigenvalue weighted by molar-refractivity contribution is 7.18. The summed E-state index contributed by atoms with van der Waals surface area (Å²) < 4.78 is 3.58. The van der Waals surface area contributed by atoms with Gasteiger partial charge in [0.1, 0.15) is 4.83 Å². The molecule has 76 valence electrons. The first-order chi connectivity index (χ1) is 6.57. The van der Waals surface area contributed by atoms with E-state index in [1.54, 1.807) is 15.9 Å². The zero-order valence-electron chi connectivity index (χ0n) is 8.92. The van der Waals surface area contributed by atoms with E-state index in [4.69, 9.17) is 0 Å². The molecule has 0 aliphatic rings. The van der Waals surface area contributed by atoms with Crippen LogP contribution in [0.1, 0.15) is 17.4 Å². The second-order valence-corrected chi connectivity index (χ2v) is 4.73. The maximum Gasteiger partial charge on any atom is 0.329 e. The molecule has 0 aromatic carbocycles. The molecule has 2 rings (SSSR count). The van der Waals surface area contributed by atoms with Crippen LogP contribution in [0, 0.1) is 13.8 Å². The molecule has 0 atom stereocenters. The summed E-state index contributed by atoms with van der Waals surface area (Å²) in [4.78, 5) is 14.2. The van der Waals surface area contributed by atoms with Gasteiger partial charge < -0.3 is 0 Å². The second-order valence-electron chi connectivity index (χ2n) is 3.52. The van der Waals surface area contributed by atoms with Gasteiger partial charge in [-0.25, -0.2) is 4.79 Å². The number of hydrogen-bond donors (Lipinski definition) is 0. The van der Waals surface area contributed by atoms with Crippen molar-refractivity contribution < 1.29 is 0 Å².